The van der Waals surface area contributed by atoms with E-state index in [0.717, 1.165) is 6.42 Å². The third-order valence-corrected chi connectivity index (χ3v) is 4.62. The molecular weight excluding hydrogens is 358 g/mol. The second kappa shape index (κ2) is 8.36. The summed E-state index contributed by atoms with van der Waals surface area (Å²) in [6, 6.07) is 8.75. The van der Waals surface area contributed by atoms with Crippen LogP contribution in [-0.2, 0) is 9.53 Å². The Bertz CT molecular complexity index is 1060. The van der Waals surface area contributed by atoms with Gasteiger partial charge in [0, 0.05) is 19.3 Å². The van der Waals surface area contributed by atoms with Crippen LogP contribution in [0.5, 0.6) is 0 Å². The summed E-state index contributed by atoms with van der Waals surface area (Å²) in [6.07, 6.45) is 4.29. The number of aromatic nitrogens is 2. The van der Waals surface area contributed by atoms with Crippen LogP contribution >= 0.6 is 0 Å². The van der Waals surface area contributed by atoms with Crippen molar-refractivity contribution in [1.82, 2.24) is 9.38 Å². The van der Waals surface area contributed by atoms with Crippen molar-refractivity contribution >= 4 is 23.5 Å². The highest BCUT2D eigenvalue weighted by Crippen LogP contribution is 2.26. The molecule has 0 radical (unpaired) electrons. The Morgan fingerprint density at radius 1 is 1.39 bits per heavy atom. The van der Waals surface area contributed by atoms with Gasteiger partial charge in [-0.25, -0.2) is 4.98 Å². The third kappa shape index (κ3) is 3.72. The predicted octanol–water partition coefficient (Wildman–Crippen LogP) is 1.90. The Morgan fingerprint density at radius 3 is 2.89 bits per heavy atom. The highest BCUT2D eigenvalue weighted by Gasteiger charge is 2.29. The van der Waals surface area contributed by atoms with Crippen LogP contribution in [0.25, 0.3) is 11.7 Å². The van der Waals surface area contributed by atoms with Crippen molar-refractivity contribution in [1.29, 1.82) is 10.5 Å². The lowest BCUT2D eigenvalue weighted by molar-refractivity contribution is -0.148. The molecule has 0 bridgehead atoms. The van der Waals surface area contributed by atoms with Gasteiger partial charge in [0.25, 0.3) is 5.56 Å². The van der Waals surface area contributed by atoms with Crippen LogP contribution in [0, 0.1) is 28.6 Å². The van der Waals surface area contributed by atoms with Crippen molar-refractivity contribution in [3.63, 3.8) is 0 Å². The van der Waals surface area contributed by atoms with E-state index in [1.807, 2.05) is 4.90 Å². The zero-order chi connectivity index (χ0) is 20.1. The van der Waals surface area contributed by atoms with E-state index >= 15 is 0 Å². The van der Waals surface area contributed by atoms with Gasteiger partial charge in [-0.05, 0) is 38.0 Å². The molecule has 0 spiro atoms. The molecule has 1 saturated heterocycles. The number of carbonyl (C=O) groups excluding carboxylic acids is 1. The molecule has 1 atom stereocenters. The van der Waals surface area contributed by atoms with Crippen molar-refractivity contribution in [2.75, 3.05) is 24.6 Å². The van der Waals surface area contributed by atoms with E-state index in [1.165, 1.54) is 10.5 Å². The molecule has 0 aromatic carbocycles. The van der Waals surface area contributed by atoms with Gasteiger partial charge in [0.15, 0.2) is 0 Å². The van der Waals surface area contributed by atoms with Gasteiger partial charge in [-0.3, -0.25) is 14.0 Å². The quantitative estimate of drug-likeness (QED) is 0.591. The minimum Gasteiger partial charge on any atom is -0.466 e. The molecule has 0 unspecified atom stereocenters. The van der Waals surface area contributed by atoms with Gasteiger partial charge in [0.1, 0.15) is 29.2 Å². The Labute approximate surface area is 161 Å². The molecule has 0 aliphatic carbocycles. The fourth-order valence-electron chi connectivity index (χ4n) is 3.31. The van der Waals surface area contributed by atoms with Gasteiger partial charge in [-0.15, -0.1) is 0 Å². The van der Waals surface area contributed by atoms with Gasteiger partial charge < -0.3 is 9.64 Å². The number of rotatable bonds is 4. The number of anilines is 1. The van der Waals surface area contributed by atoms with E-state index in [-0.39, 0.29) is 28.6 Å². The molecule has 1 aliphatic rings. The number of nitriles is 2. The Hall–Kier alpha value is -3.65. The maximum Gasteiger partial charge on any atom is 0.310 e. The van der Waals surface area contributed by atoms with Crippen LogP contribution in [0.15, 0.2) is 34.8 Å². The number of nitrogens with zero attached hydrogens (tertiary/aromatic N) is 5. The van der Waals surface area contributed by atoms with E-state index in [0.29, 0.717) is 37.6 Å². The number of ether oxygens (including phenoxy) is 1. The van der Waals surface area contributed by atoms with Crippen molar-refractivity contribution in [3.05, 3.63) is 45.9 Å². The Balaban J connectivity index is 2.12. The number of hydrogen-bond acceptors (Lipinski definition) is 7. The summed E-state index contributed by atoms with van der Waals surface area (Å²) >= 11 is 0. The number of allylic oxidation sites excluding steroid dienone is 1. The summed E-state index contributed by atoms with van der Waals surface area (Å²) in [7, 11) is 0. The first-order chi connectivity index (χ1) is 13.6. The molecule has 1 aliphatic heterocycles. The fourth-order valence-corrected chi connectivity index (χ4v) is 3.31. The molecule has 8 nitrogen and oxygen atoms in total. The number of esters is 1. The minimum atomic E-state index is -0.373. The van der Waals surface area contributed by atoms with Gasteiger partial charge in [-0.1, -0.05) is 6.07 Å². The first-order valence-corrected chi connectivity index (χ1v) is 9.04. The van der Waals surface area contributed by atoms with Crippen LogP contribution in [0.4, 0.5) is 5.82 Å². The first kappa shape index (κ1) is 19.1. The lowest BCUT2D eigenvalue weighted by Gasteiger charge is -2.33. The van der Waals surface area contributed by atoms with Gasteiger partial charge in [0.2, 0.25) is 0 Å². The molecule has 8 heteroatoms. The highest BCUT2D eigenvalue weighted by atomic mass is 16.5. The third-order valence-electron chi connectivity index (χ3n) is 4.62. The van der Waals surface area contributed by atoms with Crippen LogP contribution in [-0.4, -0.2) is 35.1 Å². The fraction of sp³-hybridized carbons (Fsp3) is 0.350. The molecule has 0 N–H and O–H groups in total. The average molecular weight is 377 g/mol. The number of hydrogen-bond donors (Lipinski definition) is 0. The molecule has 2 aromatic rings. The van der Waals surface area contributed by atoms with Gasteiger partial charge in [0.05, 0.1) is 18.1 Å². The molecule has 3 rings (SSSR count). The first-order valence-electron chi connectivity index (χ1n) is 9.04. The summed E-state index contributed by atoms with van der Waals surface area (Å²) < 4.78 is 6.51. The second-order valence-corrected chi connectivity index (χ2v) is 6.40. The van der Waals surface area contributed by atoms with Crippen LogP contribution in [0.1, 0.15) is 25.3 Å². The summed E-state index contributed by atoms with van der Waals surface area (Å²) in [5.41, 5.74) is 0.0523. The monoisotopic (exact) mass is 377 g/mol. The van der Waals surface area contributed by atoms with Crippen molar-refractivity contribution < 1.29 is 9.53 Å². The van der Waals surface area contributed by atoms with Gasteiger partial charge >= 0.3 is 5.97 Å². The molecule has 0 amide bonds. The van der Waals surface area contributed by atoms with Crippen molar-refractivity contribution in [2.45, 2.75) is 19.8 Å². The number of fused-ring (bicyclic) bond motifs is 1. The standard InChI is InChI=1S/C20H19N5O3/c1-2-28-20(27)15-6-5-8-24(13-15)18-16(10-14(11-21)12-22)19(26)25-9-4-3-7-17(25)23-18/h3-4,7,9-10,15H,2,5-6,8,13H2,1H3/t15-/m0/s1. The molecule has 3 heterocycles. The van der Waals surface area contributed by atoms with Crippen molar-refractivity contribution in [3.8, 4) is 12.1 Å². The predicted molar refractivity (Wildman–Crippen MR) is 102 cm³/mol. The van der Waals surface area contributed by atoms with E-state index in [9.17, 15) is 9.59 Å². The van der Waals surface area contributed by atoms with Crippen molar-refractivity contribution in [2.24, 2.45) is 5.92 Å². The molecule has 28 heavy (non-hydrogen) atoms. The van der Waals surface area contributed by atoms with Crippen LogP contribution in [0.2, 0.25) is 0 Å². The molecular formula is C20H19N5O3. The molecule has 2 aromatic heterocycles. The molecule has 0 saturated carbocycles. The zero-order valence-electron chi connectivity index (χ0n) is 15.5. The smallest absolute Gasteiger partial charge is 0.310 e. The second-order valence-electron chi connectivity index (χ2n) is 6.40. The summed E-state index contributed by atoms with van der Waals surface area (Å²) in [5.74, 6) is -0.210. The topological polar surface area (TPSA) is 111 Å². The van der Waals surface area contributed by atoms with Gasteiger partial charge in [-0.2, -0.15) is 10.5 Å². The Morgan fingerprint density at radius 2 is 2.18 bits per heavy atom. The maximum atomic E-state index is 13.0. The lowest BCUT2D eigenvalue weighted by Crippen LogP contribution is -2.41. The van der Waals surface area contributed by atoms with E-state index in [4.69, 9.17) is 15.3 Å². The number of carbonyl (C=O) groups is 1. The van der Waals surface area contributed by atoms with Crippen LogP contribution < -0.4 is 10.5 Å². The summed E-state index contributed by atoms with van der Waals surface area (Å²) in [4.78, 5) is 31.6. The SMILES string of the molecule is CCOC(=O)[C@H]1CCCN(c2nc3ccccn3c(=O)c2C=C(C#N)C#N)C1. The highest BCUT2D eigenvalue weighted by molar-refractivity contribution is 5.75. The normalized spacial score (nSPS) is 16.1. The molecule has 142 valence electrons. The average Bonchev–Trinajstić information content (AvgIpc) is 2.73. The zero-order valence-corrected chi connectivity index (χ0v) is 15.5. The minimum absolute atomic E-state index is 0.159. The number of piperidine rings is 1. The van der Waals surface area contributed by atoms with Crippen LogP contribution in [0.3, 0.4) is 0 Å². The van der Waals surface area contributed by atoms with E-state index in [1.54, 1.807) is 43.5 Å². The molecule has 1 fully saturated rings. The van der Waals surface area contributed by atoms with E-state index < -0.39 is 0 Å². The van der Waals surface area contributed by atoms with E-state index in [2.05, 4.69) is 4.98 Å². The largest absolute Gasteiger partial charge is 0.466 e. The lowest BCUT2D eigenvalue weighted by atomic mass is 9.97. The summed E-state index contributed by atoms with van der Waals surface area (Å²) in [5, 5.41) is 18.2. The number of pyridine rings is 1. The summed E-state index contributed by atoms with van der Waals surface area (Å²) in [6.45, 7) is 3.05. The Kier molecular flexibility index (Phi) is 5.71. The maximum absolute atomic E-state index is 13.0.